The van der Waals surface area contributed by atoms with Gasteiger partial charge >= 0.3 is 0 Å². The number of anilines is 1. The predicted molar refractivity (Wildman–Crippen MR) is 133 cm³/mol. The van der Waals surface area contributed by atoms with Gasteiger partial charge < -0.3 is 5.32 Å². The Morgan fingerprint density at radius 1 is 0.968 bits per heavy atom. The zero-order valence-corrected chi connectivity index (χ0v) is 19.2. The Balaban J connectivity index is 1.68. The average Bonchev–Trinajstić information content (AvgIpc) is 3.23. The van der Waals surface area contributed by atoms with Gasteiger partial charge in [-0.3, -0.25) is 0 Å². The van der Waals surface area contributed by atoms with Crippen LogP contribution in [0, 0.1) is 6.92 Å². The van der Waals surface area contributed by atoms with E-state index in [1.165, 1.54) is 33.0 Å². The van der Waals surface area contributed by atoms with Gasteiger partial charge in [0.15, 0.2) is 0 Å². The Hall–Kier alpha value is -2.98. The van der Waals surface area contributed by atoms with Gasteiger partial charge in [-0.2, -0.15) is 0 Å². The maximum absolute atomic E-state index is 5.05. The number of benzene rings is 2. The van der Waals surface area contributed by atoms with Crippen LogP contribution in [0.15, 0.2) is 72.9 Å². The van der Waals surface area contributed by atoms with Gasteiger partial charge in [0.2, 0.25) is 0 Å². The van der Waals surface area contributed by atoms with Crippen molar-refractivity contribution in [3.63, 3.8) is 0 Å². The summed E-state index contributed by atoms with van der Waals surface area (Å²) in [6.45, 7) is 6.52. The van der Waals surface area contributed by atoms with E-state index in [2.05, 4.69) is 91.7 Å². The Labute approximate surface area is 189 Å². The molecular weight excluding hydrogens is 398 g/mol. The second kappa shape index (κ2) is 9.88. The van der Waals surface area contributed by atoms with E-state index >= 15 is 0 Å². The van der Waals surface area contributed by atoms with Crippen LogP contribution in [0.2, 0.25) is 0 Å². The van der Waals surface area contributed by atoms with Crippen molar-refractivity contribution in [1.82, 2.24) is 9.97 Å². The lowest BCUT2D eigenvalue weighted by Gasteiger charge is -2.15. The molecule has 1 N–H and O–H groups in total. The SMILES string of the molecule is CCCCc1nc(-c2cccc(C)c2)c(-c2ccnc(N[C@@H](C)c3ccccc3)c2)s1. The second-order valence-electron chi connectivity index (χ2n) is 7.96. The summed E-state index contributed by atoms with van der Waals surface area (Å²) in [4.78, 5) is 10.8. The number of aromatic nitrogens is 2. The third kappa shape index (κ3) is 5.20. The van der Waals surface area contributed by atoms with Gasteiger partial charge in [-0.25, -0.2) is 9.97 Å². The number of pyridine rings is 1. The summed E-state index contributed by atoms with van der Waals surface area (Å²) in [7, 11) is 0. The summed E-state index contributed by atoms with van der Waals surface area (Å²) in [5, 5.41) is 4.76. The minimum atomic E-state index is 0.182. The summed E-state index contributed by atoms with van der Waals surface area (Å²) in [6, 6.07) is 23.5. The van der Waals surface area contributed by atoms with Crippen molar-refractivity contribution in [3.05, 3.63) is 89.1 Å². The van der Waals surface area contributed by atoms with Crippen LogP contribution in [0.1, 0.15) is 48.9 Å². The van der Waals surface area contributed by atoms with Crippen LogP contribution < -0.4 is 5.32 Å². The number of hydrogen-bond acceptors (Lipinski definition) is 4. The third-order valence-corrected chi connectivity index (χ3v) is 6.56. The fraction of sp³-hybridized carbons (Fsp3) is 0.259. The van der Waals surface area contributed by atoms with Crippen LogP contribution >= 0.6 is 11.3 Å². The van der Waals surface area contributed by atoms with Gasteiger partial charge in [0, 0.05) is 17.8 Å². The van der Waals surface area contributed by atoms with Crippen LogP contribution in [0.3, 0.4) is 0 Å². The van der Waals surface area contributed by atoms with E-state index in [4.69, 9.17) is 4.98 Å². The lowest BCUT2D eigenvalue weighted by Crippen LogP contribution is -2.07. The summed E-state index contributed by atoms with van der Waals surface area (Å²) in [5.41, 5.74) is 5.91. The van der Waals surface area contributed by atoms with E-state index in [0.717, 1.165) is 29.9 Å². The number of unbranched alkanes of at least 4 members (excludes halogenated alkanes) is 1. The van der Waals surface area contributed by atoms with Crippen molar-refractivity contribution >= 4 is 17.2 Å². The van der Waals surface area contributed by atoms with Crippen molar-refractivity contribution in [1.29, 1.82) is 0 Å². The van der Waals surface area contributed by atoms with Crippen LogP contribution in [0.5, 0.6) is 0 Å². The molecule has 0 aliphatic heterocycles. The molecule has 0 spiro atoms. The van der Waals surface area contributed by atoms with E-state index in [9.17, 15) is 0 Å². The minimum Gasteiger partial charge on any atom is -0.364 e. The van der Waals surface area contributed by atoms with E-state index in [1.807, 2.05) is 23.6 Å². The molecule has 4 aromatic rings. The highest BCUT2D eigenvalue weighted by molar-refractivity contribution is 7.15. The highest BCUT2D eigenvalue weighted by Crippen LogP contribution is 2.38. The van der Waals surface area contributed by atoms with Crippen LogP contribution in [0.4, 0.5) is 5.82 Å². The monoisotopic (exact) mass is 427 g/mol. The standard InChI is InChI=1S/C27H29N3S/c1-4-5-14-25-30-26(22-13-9-10-19(2)17-22)27(31-25)23-15-16-28-24(18-23)29-20(3)21-11-7-6-8-12-21/h6-13,15-18,20H,4-5,14H2,1-3H3,(H,28,29)/t20-/m0/s1. The quantitative estimate of drug-likeness (QED) is 0.313. The normalized spacial score (nSPS) is 12.0. The zero-order chi connectivity index (χ0) is 21.6. The Morgan fingerprint density at radius 2 is 1.81 bits per heavy atom. The molecule has 0 amide bonds. The van der Waals surface area contributed by atoms with E-state index in [0.29, 0.717) is 0 Å². The van der Waals surface area contributed by atoms with E-state index < -0.39 is 0 Å². The van der Waals surface area contributed by atoms with Crippen molar-refractivity contribution in [2.75, 3.05) is 5.32 Å². The minimum absolute atomic E-state index is 0.182. The number of thiazole rings is 1. The Morgan fingerprint density at radius 3 is 2.58 bits per heavy atom. The van der Waals surface area contributed by atoms with Crippen molar-refractivity contribution in [2.24, 2.45) is 0 Å². The molecule has 0 unspecified atom stereocenters. The molecule has 31 heavy (non-hydrogen) atoms. The molecule has 2 heterocycles. The number of rotatable bonds is 8. The van der Waals surface area contributed by atoms with Crippen molar-refractivity contribution < 1.29 is 0 Å². The van der Waals surface area contributed by atoms with Crippen LogP contribution in [-0.4, -0.2) is 9.97 Å². The van der Waals surface area contributed by atoms with Crippen LogP contribution in [-0.2, 0) is 6.42 Å². The summed E-state index contributed by atoms with van der Waals surface area (Å²) in [5.74, 6) is 0.882. The smallest absolute Gasteiger partial charge is 0.126 e. The zero-order valence-electron chi connectivity index (χ0n) is 18.4. The summed E-state index contributed by atoms with van der Waals surface area (Å²) in [6.07, 6.45) is 5.26. The number of nitrogens with zero attached hydrogens (tertiary/aromatic N) is 2. The van der Waals surface area contributed by atoms with Crippen molar-refractivity contribution in [3.8, 4) is 21.7 Å². The first-order valence-corrected chi connectivity index (χ1v) is 11.8. The first kappa shape index (κ1) is 21.3. The second-order valence-corrected chi connectivity index (χ2v) is 9.05. The molecule has 158 valence electrons. The highest BCUT2D eigenvalue weighted by atomic mass is 32.1. The first-order chi connectivity index (χ1) is 15.1. The Bertz CT molecular complexity index is 1130. The molecule has 4 rings (SSSR count). The molecule has 0 saturated carbocycles. The molecule has 2 aromatic heterocycles. The maximum atomic E-state index is 5.05. The molecule has 0 bridgehead atoms. The van der Waals surface area contributed by atoms with Gasteiger partial charge in [-0.15, -0.1) is 11.3 Å². The fourth-order valence-corrected chi connectivity index (χ4v) is 4.80. The van der Waals surface area contributed by atoms with Gasteiger partial charge in [0.05, 0.1) is 15.6 Å². The fourth-order valence-electron chi connectivity index (χ4n) is 3.68. The highest BCUT2D eigenvalue weighted by Gasteiger charge is 2.16. The van der Waals surface area contributed by atoms with Crippen LogP contribution in [0.25, 0.3) is 21.7 Å². The molecule has 0 aliphatic rings. The van der Waals surface area contributed by atoms with Gasteiger partial charge in [-0.05, 0) is 56.0 Å². The lowest BCUT2D eigenvalue weighted by atomic mass is 10.1. The predicted octanol–water partition coefficient (Wildman–Crippen LogP) is 7.70. The van der Waals surface area contributed by atoms with Gasteiger partial charge in [0.1, 0.15) is 5.82 Å². The third-order valence-electron chi connectivity index (χ3n) is 5.39. The number of aryl methyl sites for hydroxylation is 2. The average molecular weight is 428 g/mol. The Kier molecular flexibility index (Phi) is 6.78. The molecule has 0 aliphatic carbocycles. The number of nitrogens with one attached hydrogen (secondary N) is 1. The summed E-state index contributed by atoms with van der Waals surface area (Å²) >= 11 is 1.81. The first-order valence-electron chi connectivity index (χ1n) is 11.0. The topological polar surface area (TPSA) is 37.8 Å². The molecule has 3 nitrogen and oxygen atoms in total. The molecule has 2 aromatic carbocycles. The largest absolute Gasteiger partial charge is 0.364 e. The molecule has 1 atom stereocenters. The molecule has 0 saturated heterocycles. The lowest BCUT2D eigenvalue weighted by molar-refractivity contribution is 0.790. The van der Waals surface area contributed by atoms with Crippen molar-refractivity contribution in [2.45, 2.75) is 46.1 Å². The van der Waals surface area contributed by atoms with Gasteiger partial charge in [-0.1, -0.05) is 67.4 Å². The van der Waals surface area contributed by atoms with E-state index in [1.54, 1.807) is 0 Å². The maximum Gasteiger partial charge on any atom is 0.126 e. The molecule has 0 radical (unpaired) electrons. The van der Waals surface area contributed by atoms with E-state index in [-0.39, 0.29) is 6.04 Å². The molecular formula is C27H29N3S. The molecule has 0 fully saturated rings. The van der Waals surface area contributed by atoms with Gasteiger partial charge in [0.25, 0.3) is 0 Å². The molecule has 4 heteroatoms. The number of hydrogen-bond donors (Lipinski definition) is 1. The summed E-state index contributed by atoms with van der Waals surface area (Å²) < 4.78 is 0.